The highest BCUT2D eigenvalue weighted by Gasteiger charge is 2.10. The molecule has 0 bridgehead atoms. The van der Waals surface area contributed by atoms with Crippen molar-refractivity contribution < 1.29 is 10.2 Å². The Labute approximate surface area is 99.9 Å². The Balaban J connectivity index is 0.00000128. The minimum absolute atomic E-state index is 0. The minimum Gasteiger partial charge on any atom is -0.507 e. The fourth-order valence-corrected chi connectivity index (χ4v) is 1.73. The fourth-order valence-electron chi connectivity index (χ4n) is 1.73. The summed E-state index contributed by atoms with van der Waals surface area (Å²) in [5.74, 6) is 0.236. The van der Waals surface area contributed by atoms with Crippen LogP contribution in [0.3, 0.4) is 0 Å². The first-order chi connectivity index (χ1) is 7.24. The van der Waals surface area contributed by atoms with Crippen molar-refractivity contribution in [3.63, 3.8) is 0 Å². The second kappa shape index (κ2) is 5.16. The quantitative estimate of drug-likeness (QED) is 0.751. The predicted molar refractivity (Wildman–Crippen MR) is 66.9 cm³/mol. The maximum atomic E-state index is 9.65. The molecular weight excluding hydrogens is 226 g/mol. The molecule has 0 heterocycles. The van der Waals surface area contributed by atoms with Crippen LogP contribution in [0.1, 0.15) is 11.6 Å². The lowest BCUT2D eigenvalue weighted by molar-refractivity contribution is 0.268. The second-order valence-corrected chi connectivity index (χ2v) is 3.51. The van der Waals surface area contributed by atoms with Crippen LogP contribution in [0.4, 0.5) is 0 Å². The van der Waals surface area contributed by atoms with E-state index in [0.717, 1.165) is 16.3 Å². The molecule has 0 saturated heterocycles. The summed E-state index contributed by atoms with van der Waals surface area (Å²) in [6, 6.07) is 10.4. The number of rotatable bonds is 2. The SMILES string of the molecule is Cl.N[C@@H](CO)c1ccc(O)c2ccccc12. The molecule has 3 nitrogen and oxygen atoms in total. The zero-order valence-corrected chi connectivity index (χ0v) is 9.45. The highest BCUT2D eigenvalue weighted by atomic mass is 35.5. The van der Waals surface area contributed by atoms with Crippen molar-refractivity contribution in [2.75, 3.05) is 6.61 Å². The number of aromatic hydroxyl groups is 1. The molecule has 4 heteroatoms. The van der Waals surface area contributed by atoms with E-state index in [2.05, 4.69) is 0 Å². The molecule has 0 spiro atoms. The van der Waals surface area contributed by atoms with Gasteiger partial charge in [0.1, 0.15) is 5.75 Å². The molecule has 2 aromatic rings. The van der Waals surface area contributed by atoms with Crippen LogP contribution in [0.5, 0.6) is 5.75 Å². The Kier molecular flexibility index (Phi) is 4.12. The Morgan fingerprint density at radius 1 is 1.06 bits per heavy atom. The Bertz CT molecular complexity index is 487. The van der Waals surface area contributed by atoms with Crippen LogP contribution >= 0.6 is 12.4 Å². The van der Waals surface area contributed by atoms with Crippen LogP contribution < -0.4 is 5.73 Å². The zero-order valence-electron chi connectivity index (χ0n) is 8.63. The van der Waals surface area contributed by atoms with E-state index in [0.29, 0.717) is 0 Å². The standard InChI is InChI=1S/C12H13NO2.ClH/c13-11(7-14)9-5-6-12(15)10-4-2-1-3-8(9)10;/h1-6,11,14-15H,7,13H2;1H/t11-;/m0./s1. The van der Waals surface area contributed by atoms with Crippen molar-refractivity contribution in [3.05, 3.63) is 42.0 Å². The molecule has 4 N–H and O–H groups in total. The lowest BCUT2D eigenvalue weighted by atomic mass is 9.99. The molecule has 2 aromatic carbocycles. The van der Waals surface area contributed by atoms with Gasteiger partial charge in [-0.1, -0.05) is 30.3 Å². The Morgan fingerprint density at radius 2 is 1.69 bits per heavy atom. The van der Waals surface area contributed by atoms with Gasteiger partial charge in [0.25, 0.3) is 0 Å². The molecule has 0 fully saturated rings. The largest absolute Gasteiger partial charge is 0.507 e. The average molecular weight is 240 g/mol. The van der Waals surface area contributed by atoms with Gasteiger partial charge >= 0.3 is 0 Å². The molecule has 0 aromatic heterocycles. The van der Waals surface area contributed by atoms with Crippen molar-refractivity contribution in [1.29, 1.82) is 0 Å². The van der Waals surface area contributed by atoms with Crippen molar-refractivity contribution in [3.8, 4) is 5.75 Å². The molecular formula is C12H14ClNO2. The van der Waals surface area contributed by atoms with E-state index in [4.69, 9.17) is 10.8 Å². The fraction of sp³-hybridized carbons (Fsp3) is 0.167. The monoisotopic (exact) mass is 239 g/mol. The first-order valence-corrected chi connectivity index (χ1v) is 4.81. The summed E-state index contributed by atoms with van der Waals surface area (Å²) in [4.78, 5) is 0. The van der Waals surface area contributed by atoms with Crippen molar-refractivity contribution in [1.82, 2.24) is 0 Å². The van der Waals surface area contributed by atoms with Gasteiger partial charge < -0.3 is 15.9 Å². The third-order valence-electron chi connectivity index (χ3n) is 2.53. The first kappa shape index (κ1) is 12.8. The van der Waals surface area contributed by atoms with E-state index in [1.807, 2.05) is 24.3 Å². The number of fused-ring (bicyclic) bond motifs is 1. The predicted octanol–water partition coefficient (Wildman–Crippen LogP) is 1.96. The van der Waals surface area contributed by atoms with Gasteiger partial charge in [-0.25, -0.2) is 0 Å². The third kappa shape index (κ3) is 2.11. The molecule has 0 unspecified atom stereocenters. The van der Waals surface area contributed by atoms with Crippen LogP contribution in [0, 0.1) is 0 Å². The summed E-state index contributed by atoms with van der Waals surface area (Å²) < 4.78 is 0. The van der Waals surface area contributed by atoms with Gasteiger partial charge in [-0.15, -0.1) is 12.4 Å². The number of phenolic OH excluding ortho intramolecular Hbond substituents is 1. The Morgan fingerprint density at radius 3 is 2.31 bits per heavy atom. The van der Waals surface area contributed by atoms with Gasteiger partial charge in [-0.05, 0) is 17.0 Å². The third-order valence-corrected chi connectivity index (χ3v) is 2.53. The van der Waals surface area contributed by atoms with Crippen LogP contribution in [-0.4, -0.2) is 16.8 Å². The number of halogens is 1. The molecule has 0 saturated carbocycles. The molecule has 86 valence electrons. The minimum atomic E-state index is -0.407. The number of hydrogen-bond donors (Lipinski definition) is 3. The first-order valence-electron chi connectivity index (χ1n) is 4.81. The number of aliphatic hydroxyl groups is 1. The van der Waals surface area contributed by atoms with E-state index in [-0.39, 0.29) is 24.8 Å². The van der Waals surface area contributed by atoms with Gasteiger partial charge in [0.15, 0.2) is 0 Å². The number of hydrogen-bond acceptors (Lipinski definition) is 3. The molecule has 0 aliphatic carbocycles. The van der Waals surface area contributed by atoms with Crippen molar-refractivity contribution in [2.45, 2.75) is 6.04 Å². The van der Waals surface area contributed by atoms with Gasteiger partial charge in [0.05, 0.1) is 12.6 Å². The summed E-state index contributed by atoms with van der Waals surface area (Å²) in [6.45, 7) is -0.102. The van der Waals surface area contributed by atoms with E-state index in [1.165, 1.54) is 0 Å². The van der Waals surface area contributed by atoms with Gasteiger partial charge in [0, 0.05) is 5.39 Å². The van der Waals surface area contributed by atoms with E-state index in [1.54, 1.807) is 12.1 Å². The van der Waals surface area contributed by atoms with Crippen molar-refractivity contribution in [2.24, 2.45) is 5.73 Å². The number of nitrogens with two attached hydrogens (primary N) is 1. The zero-order chi connectivity index (χ0) is 10.8. The van der Waals surface area contributed by atoms with Gasteiger partial charge in [0.2, 0.25) is 0 Å². The lowest BCUT2D eigenvalue weighted by Gasteiger charge is -2.12. The normalized spacial score (nSPS) is 12.1. The molecule has 0 amide bonds. The number of phenols is 1. The molecule has 16 heavy (non-hydrogen) atoms. The summed E-state index contributed by atoms with van der Waals surface area (Å²) in [7, 11) is 0. The van der Waals surface area contributed by atoms with Crippen molar-refractivity contribution >= 4 is 23.2 Å². The van der Waals surface area contributed by atoms with Gasteiger partial charge in [-0.2, -0.15) is 0 Å². The molecule has 2 rings (SSSR count). The van der Waals surface area contributed by atoms with E-state index < -0.39 is 6.04 Å². The maximum Gasteiger partial charge on any atom is 0.123 e. The van der Waals surface area contributed by atoms with Gasteiger partial charge in [-0.3, -0.25) is 0 Å². The highest BCUT2D eigenvalue weighted by Crippen LogP contribution is 2.29. The summed E-state index contributed by atoms with van der Waals surface area (Å²) in [6.07, 6.45) is 0. The van der Waals surface area contributed by atoms with Crippen LogP contribution in [-0.2, 0) is 0 Å². The van der Waals surface area contributed by atoms with Crippen LogP contribution in [0.25, 0.3) is 10.8 Å². The van der Waals surface area contributed by atoms with E-state index >= 15 is 0 Å². The average Bonchev–Trinajstić information content (AvgIpc) is 2.29. The number of benzene rings is 2. The summed E-state index contributed by atoms with van der Waals surface area (Å²) in [5.41, 5.74) is 6.63. The smallest absolute Gasteiger partial charge is 0.123 e. The van der Waals surface area contributed by atoms with Crippen LogP contribution in [0.2, 0.25) is 0 Å². The number of aliphatic hydroxyl groups excluding tert-OH is 1. The molecule has 0 aliphatic rings. The maximum absolute atomic E-state index is 9.65. The topological polar surface area (TPSA) is 66.5 Å². The molecule has 1 atom stereocenters. The lowest BCUT2D eigenvalue weighted by Crippen LogP contribution is -2.14. The summed E-state index contributed by atoms with van der Waals surface area (Å²) >= 11 is 0. The molecule has 0 aliphatic heterocycles. The van der Waals surface area contributed by atoms with E-state index in [9.17, 15) is 5.11 Å². The molecule has 0 radical (unpaired) electrons. The Hall–Kier alpha value is -1.29. The second-order valence-electron chi connectivity index (χ2n) is 3.51. The summed E-state index contributed by atoms with van der Waals surface area (Å²) in [5, 5.41) is 20.3. The van der Waals surface area contributed by atoms with Crippen LogP contribution in [0.15, 0.2) is 36.4 Å². The highest BCUT2D eigenvalue weighted by molar-refractivity contribution is 5.91.